The van der Waals surface area contributed by atoms with Gasteiger partial charge in [0.2, 0.25) is 0 Å². The van der Waals surface area contributed by atoms with Gasteiger partial charge in [-0.2, -0.15) is 10.2 Å². The van der Waals surface area contributed by atoms with Crippen LogP contribution in [0.3, 0.4) is 0 Å². The highest BCUT2D eigenvalue weighted by atomic mass is 16.5. The van der Waals surface area contributed by atoms with Crippen molar-refractivity contribution in [2.75, 3.05) is 5.32 Å². The van der Waals surface area contributed by atoms with Crippen LogP contribution in [0, 0.1) is 20.8 Å². The second-order valence-corrected chi connectivity index (χ2v) is 6.07. The molecule has 3 aromatic rings. The summed E-state index contributed by atoms with van der Waals surface area (Å²) in [4.78, 5) is 12.3. The Bertz CT molecular complexity index is 910. The Morgan fingerprint density at radius 2 is 2.04 bits per heavy atom. The highest BCUT2D eigenvalue weighted by Crippen LogP contribution is 2.19. The maximum Gasteiger partial charge on any atom is 0.259 e. The standard InChI is InChI=1S/C18H21N5O2/c1-12-5-6-17(13(2)7-12)25-11-23-9-15(8-19-23)20-18(24)16-10-22(4)21-14(16)3/h5-10H,11H2,1-4H3,(H,20,24). The molecule has 3 rings (SSSR count). The zero-order chi connectivity index (χ0) is 18.0. The molecule has 1 aromatic carbocycles. The van der Waals surface area contributed by atoms with Crippen molar-refractivity contribution in [3.63, 3.8) is 0 Å². The monoisotopic (exact) mass is 339 g/mol. The van der Waals surface area contributed by atoms with Gasteiger partial charge in [0.1, 0.15) is 5.75 Å². The molecule has 0 bridgehead atoms. The molecule has 1 amide bonds. The lowest BCUT2D eigenvalue weighted by Crippen LogP contribution is -2.12. The van der Waals surface area contributed by atoms with Gasteiger partial charge < -0.3 is 10.1 Å². The van der Waals surface area contributed by atoms with E-state index in [0.29, 0.717) is 16.9 Å². The van der Waals surface area contributed by atoms with E-state index in [0.717, 1.165) is 11.3 Å². The first-order valence-corrected chi connectivity index (χ1v) is 7.96. The normalized spacial score (nSPS) is 10.7. The number of benzene rings is 1. The molecule has 0 unspecified atom stereocenters. The van der Waals surface area contributed by atoms with Crippen molar-refractivity contribution in [1.29, 1.82) is 0 Å². The molecular formula is C18H21N5O2. The van der Waals surface area contributed by atoms with Gasteiger partial charge in [-0.25, -0.2) is 4.68 Å². The van der Waals surface area contributed by atoms with Crippen LogP contribution in [0.25, 0.3) is 0 Å². The number of ether oxygens (including phenoxy) is 1. The van der Waals surface area contributed by atoms with Crippen molar-refractivity contribution in [2.24, 2.45) is 7.05 Å². The molecule has 0 spiro atoms. The number of nitrogens with zero attached hydrogens (tertiary/aromatic N) is 4. The molecule has 0 atom stereocenters. The summed E-state index contributed by atoms with van der Waals surface area (Å²) >= 11 is 0. The second kappa shape index (κ2) is 6.80. The van der Waals surface area contributed by atoms with Crippen LogP contribution < -0.4 is 10.1 Å². The quantitative estimate of drug-likeness (QED) is 0.776. The van der Waals surface area contributed by atoms with E-state index in [2.05, 4.69) is 21.6 Å². The minimum Gasteiger partial charge on any atom is -0.471 e. The molecule has 0 aliphatic heterocycles. The molecule has 25 heavy (non-hydrogen) atoms. The van der Waals surface area contributed by atoms with Crippen LogP contribution >= 0.6 is 0 Å². The predicted molar refractivity (Wildman–Crippen MR) is 94.7 cm³/mol. The van der Waals surface area contributed by atoms with Crippen molar-refractivity contribution in [2.45, 2.75) is 27.5 Å². The molecule has 0 radical (unpaired) electrons. The number of carbonyl (C=O) groups is 1. The van der Waals surface area contributed by atoms with Crippen LogP contribution in [0.2, 0.25) is 0 Å². The summed E-state index contributed by atoms with van der Waals surface area (Å²) in [5.74, 6) is 0.609. The van der Waals surface area contributed by atoms with Gasteiger partial charge in [0, 0.05) is 13.2 Å². The van der Waals surface area contributed by atoms with Crippen LogP contribution in [0.15, 0.2) is 36.8 Å². The van der Waals surface area contributed by atoms with Gasteiger partial charge in [-0.15, -0.1) is 0 Å². The molecule has 130 valence electrons. The van der Waals surface area contributed by atoms with E-state index in [9.17, 15) is 4.79 Å². The topological polar surface area (TPSA) is 74.0 Å². The number of aromatic nitrogens is 4. The van der Waals surface area contributed by atoms with E-state index in [1.54, 1.807) is 41.9 Å². The summed E-state index contributed by atoms with van der Waals surface area (Å²) < 4.78 is 9.02. The van der Waals surface area contributed by atoms with Crippen LogP contribution in [0.4, 0.5) is 5.69 Å². The Balaban J connectivity index is 1.62. The van der Waals surface area contributed by atoms with Gasteiger partial charge in [0.05, 0.1) is 29.3 Å². The number of anilines is 1. The first-order chi connectivity index (χ1) is 11.9. The highest BCUT2D eigenvalue weighted by molar-refractivity contribution is 6.04. The van der Waals surface area contributed by atoms with Crippen LogP contribution in [0.1, 0.15) is 27.2 Å². The maximum atomic E-state index is 12.3. The fourth-order valence-electron chi connectivity index (χ4n) is 2.62. The Hall–Kier alpha value is -3.09. The first-order valence-electron chi connectivity index (χ1n) is 7.96. The summed E-state index contributed by atoms with van der Waals surface area (Å²) in [6.07, 6.45) is 5.01. The molecule has 7 nitrogen and oxygen atoms in total. The zero-order valence-corrected chi connectivity index (χ0v) is 14.8. The van der Waals surface area contributed by atoms with Crippen molar-refractivity contribution in [3.8, 4) is 5.75 Å². The minimum atomic E-state index is -0.208. The fraction of sp³-hybridized carbons (Fsp3) is 0.278. The van der Waals surface area contributed by atoms with E-state index >= 15 is 0 Å². The summed E-state index contributed by atoms with van der Waals surface area (Å²) in [6.45, 7) is 6.12. The van der Waals surface area contributed by atoms with Crippen molar-refractivity contribution < 1.29 is 9.53 Å². The lowest BCUT2D eigenvalue weighted by atomic mass is 10.1. The Morgan fingerprint density at radius 3 is 2.72 bits per heavy atom. The zero-order valence-electron chi connectivity index (χ0n) is 14.8. The Labute approximate surface area is 146 Å². The van der Waals surface area contributed by atoms with Crippen molar-refractivity contribution >= 4 is 11.6 Å². The summed E-state index contributed by atoms with van der Waals surface area (Å²) in [7, 11) is 1.78. The van der Waals surface area contributed by atoms with E-state index in [-0.39, 0.29) is 12.6 Å². The van der Waals surface area contributed by atoms with E-state index in [1.165, 1.54) is 5.56 Å². The number of hydrogen-bond donors (Lipinski definition) is 1. The largest absolute Gasteiger partial charge is 0.471 e. The van der Waals surface area contributed by atoms with Crippen LogP contribution in [0.5, 0.6) is 5.75 Å². The number of aryl methyl sites for hydroxylation is 4. The third-order valence-corrected chi connectivity index (χ3v) is 3.83. The maximum absolute atomic E-state index is 12.3. The minimum absolute atomic E-state index is 0.208. The molecule has 1 N–H and O–H groups in total. The lowest BCUT2D eigenvalue weighted by Gasteiger charge is -2.09. The van der Waals surface area contributed by atoms with Gasteiger partial charge in [-0.3, -0.25) is 9.48 Å². The van der Waals surface area contributed by atoms with E-state index in [1.807, 2.05) is 26.0 Å². The number of carbonyl (C=O) groups excluding carboxylic acids is 1. The second-order valence-electron chi connectivity index (χ2n) is 6.07. The predicted octanol–water partition coefficient (Wildman–Crippen LogP) is 2.83. The molecule has 7 heteroatoms. The van der Waals surface area contributed by atoms with Crippen LogP contribution in [-0.2, 0) is 13.8 Å². The van der Waals surface area contributed by atoms with Gasteiger partial charge >= 0.3 is 0 Å². The van der Waals surface area contributed by atoms with Gasteiger partial charge in [0.15, 0.2) is 6.73 Å². The van der Waals surface area contributed by atoms with E-state index < -0.39 is 0 Å². The number of nitrogens with one attached hydrogen (secondary N) is 1. The fourth-order valence-corrected chi connectivity index (χ4v) is 2.62. The average molecular weight is 339 g/mol. The first kappa shape index (κ1) is 16.8. The molecule has 0 aliphatic rings. The van der Waals surface area contributed by atoms with Crippen LogP contribution in [-0.4, -0.2) is 25.5 Å². The molecule has 0 aliphatic carbocycles. The van der Waals surface area contributed by atoms with E-state index in [4.69, 9.17) is 4.74 Å². The molecule has 0 saturated carbocycles. The number of rotatable bonds is 5. The molecule has 0 fully saturated rings. The Kier molecular flexibility index (Phi) is 4.56. The molecule has 2 aromatic heterocycles. The smallest absolute Gasteiger partial charge is 0.259 e. The summed E-state index contributed by atoms with van der Waals surface area (Å²) in [5.41, 5.74) is 4.11. The lowest BCUT2D eigenvalue weighted by molar-refractivity contribution is 0.102. The summed E-state index contributed by atoms with van der Waals surface area (Å²) in [6, 6.07) is 6.02. The third-order valence-electron chi connectivity index (χ3n) is 3.83. The highest BCUT2D eigenvalue weighted by Gasteiger charge is 2.13. The number of hydrogen-bond acceptors (Lipinski definition) is 4. The van der Waals surface area contributed by atoms with Crippen molar-refractivity contribution in [3.05, 3.63) is 59.2 Å². The third kappa shape index (κ3) is 3.88. The van der Waals surface area contributed by atoms with Gasteiger partial charge in [0.25, 0.3) is 5.91 Å². The van der Waals surface area contributed by atoms with Gasteiger partial charge in [-0.05, 0) is 32.4 Å². The summed E-state index contributed by atoms with van der Waals surface area (Å²) in [5, 5.41) is 11.2. The Morgan fingerprint density at radius 1 is 1.24 bits per heavy atom. The number of amides is 1. The average Bonchev–Trinajstić information content (AvgIpc) is 3.12. The van der Waals surface area contributed by atoms with Crippen molar-refractivity contribution in [1.82, 2.24) is 19.6 Å². The molecule has 0 saturated heterocycles. The molecular weight excluding hydrogens is 318 g/mol. The molecule has 2 heterocycles. The van der Waals surface area contributed by atoms with Gasteiger partial charge in [-0.1, -0.05) is 17.7 Å². The SMILES string of the molecule is Cc1ccc(OCn2cc(NC(=O)c3cn(C)nc3C)cn2)c(C)c1.